The van der Waals surface area contributed by atoms with Gasteiger partial charge in [0.25, 0.3) is 0 Å². The van der Waals surface area contributed by atoms with Gasteiger partial charge >= 0.3 is 137 Å². The molecule has 21 heavy (non-hydrogen) atoms. The summed E-state index contributed by atoms with van der Waals surface area (Å²) in [5.74, 6) is 0. The van der Waals surface area contributed by atoms with E-state index in [1.807, 2.05) is 36.4 Å². The summed E-state index contributed by atoms with van der Waals surface area (Å²) in [6, 6.07) is 20.2. The fourth-order valence-corrected chi connectivity index (χ4v) is 9.99. The number of hydrogen-bond acceptors (Lipinski definition) is 1. The topological polar surface area (TPSA) is 17.1 Å². The molecule has 2 aromatic rings. The van der Waals surface area contributed by atoms with Crippen molar-refractivity contribution in [3.05, 3.63) is 70.2 Å². The van der Waals surface area contributed by atoms with Crippen LogP contribution >= 0.6 is 0 Å². The Balaban J connectivity index is 2.33. The van der Waals surface area contributed by atoms with Crippen LogP contribution in [0.3, 0.4) is 0 Å². The number of rotatable bonds is 5. The summed E-state index contributed by atoms with van der Waals surface area (Å²) in [4.78, 5) is 0.903. The third-order valence-electron chi connectivity index (χ3n) is 2.65. The molecule has 0 saturated carbocycles. The molecule has 0 aromatic heterocycles. The summed E-state index contributed by atoms with van der Waals surface area (Å²) < 4.78 is 15.3. The SMILES string of the molecule is C[Si](C)(C)/C=C(\[Se]c1ccccc1)S(=O)c1ccccc1. The molecular weight excluding hydrogens is 359 g/mol. The molecule has 0 N–H and O–H groups in total. The first-order valence-corrected chi connectivity index (χ1v) is 13.3. The maximum absolute atomic E-state index is 12.9. The Labute approximate surface area is 137 Å². The van der Waals surface area contributed by atoms with E-state index in [9.17, 15) is 4.21 Å². The van der Waals surface area contributed by atoms with Gasteiger partial charge in [0.2, 0.25) is 0 Å². The molecule has 4 heteroatoms. The summed E-state index contributed by atoms with van der Waals surface area (Å²) >= 11 is 0.113. The van der Waals surface area contributed by atoms with Crippen molar-refractivity contribution in [2.75, 3.05) is 0 Å². The zero-order valence-corrected chi connectivity index (χ0v) is 16.1. The zero-order valence-electron chi connectivity index (χ0n) is 12.6. The molecule has 2 aromatic carbocycles. The molecule has 110 valence electrons. The molecule has 0 aliphatic heterocycles. The molecule has 0 aliphatic rings. The third-order valence-corrected chi connectivity index (χ3v) is 8.79. The van der Waals surface area contributed by atoms with Gasteiger partial charge < -0.3 is 0 Å². The van der Waals surface area contributed by atoms with E-state index in [1.165, 1.54) is 4.46 Å². The molecule has 0 heterocycles. The van der Waals surface area contributed by atoms with Gasteiger partial charge in [0.1, 0.15) is 0 Å². The van der Waals surface area contributed by atoms with E-state index in [0.29, 0.717) is 0 Å². The molecule has 1 atom stereocenters. The normalized spacial score (nSPS) is 14.0. The Morgan fingerprint density at radius 3 is 2.00 bits per heavy atom. The maximum atomic E-state index is 12.9. The van der Waals surface area contributed by atoms with Crippen LogP contribution in [-0.2, 0) is 10.8 Å². The first kappa shape index (κ1) is 16.4. The van der Waals surface area contributed by atoms with Gasteiger partial charge in [0.05, 0.1) is 0 Å². The number of hydrogen-bond donors (Lipinski definition) is 0. The van der Waals surface area contributed by atoms with Crippen LogP contribution in [-0.4, -0.2) is 27.2 Å². The van der Waals surface area contributed by atoms with Crippen LogP contribution in [0.4, 0.5) is 0 Å². The summed E-state index contributed by atoms with van der Waals surface area (Å²) in [6.45, 7) is 6.86. The Morgan fingerprint density at radius 2 is 1.48 bits per heavy atom. The van der Waals surface area contributed by atoms with Crippen LogP contribution in [0.2, 0.25) is 19.6 Å². The van der Waals surface area contributed by atoms with Crippen LogP contribution in [0, 0.1) is 0 Å². The Hall–Kier alpha value is -0.934. The molecular formula is C17H20OSSeSi. The van der Waals surface area contributed by atoms with Crippen molar-refractivity contribution in [3.63, 3.8) is 0 Å². The average molecular weight is 379 g/mol. The van der Waals surface area contributed by atoms with E-state index in [4.69, 9.17) is 0 Å². The van der Waals surface area contributed by atoms with E-state index in [1.54, 1.807) is 0 Å². The predicted octanol–water partition coefficient (Wildman–Crippen LogP) is 3.54. The summed E-state index contributed by atoms with van der Waals surface area (Å²) in [7, 11) is -2.45. The minimum atomic E-state index is -1.41. The molecule has 0 spiro atoms. The zero-order chi connectivity index (χ0) is 15.3. The quantitative estimate of drug-likeness (QED) is 0.727. The summed E-state index contributed by atoms with van der Waals surface area (Å²) in [5, 5.41) is 0. The fourth-order valence-electron chi connectivity index (χ4n) is 1.74. The minimum absolute atomic E-state index is 0.113. The second-order valence-corrected chi connectivity index (χ2v) is 15.2. The van der Waals surface area contributed by atoms with Crippen molar-refractivity contribution < 1.29 is 4.21 Å². The predicted molar refractivity (Wildman–Crippen MR) is 96.1 cm³/mol. The van der Waals surface area contributed by atoms with Crippen molar-refractivity contribution in [3.8, 4) is 0 Å². The van der Waals surface area contributed by atoms with Crippen molar-refractivity contribution in [1.82, 2.24) is 0 Å². The number of benzene rings is 2. The fraction of sp³-hybridized carbons (Fsp3) is 0.176. The Morgan fingerprint density at radius 1 is 0.952 bits per heavy atom. The van der Waals surface area contributed by atoms with E-state index < -0.39 is 18.9 Å². The first-order valence-electron chi connectivity index (χ1n) is 6.88. The molecule has 0 aliphatic carbocycles. The molecule has 1 nitrogen and oxygen atoms in total. The third kappa shape index (κ3) is 5.40. The molecule has 0 fully saturated rings. The Kier molecular flexibility index (Phi) is 5.77. The van der Waals surface area contributed by atoms with E-state index >= 15 is 0 Å². The monoisotopic (exact) mass is 380 g/mol. The van der Waals surface area contributed by atoms with Gasteiger partial charge in [-0.25, -0.2) is 0 Å². The van der Waals surface area contributed by atoms with Crippen molar-refractivity contribution in [2.24, 2.45) is 0 Å². The standard InChI is InChI=1S/C17H20OSSeSi/c1-21(2,3)14-17(20-16-12-8-5-9-13-16)19(18)15-10-6-4-7-11-15/h4-14H,1-3H3/b17-14-. The van der Waals surface area contributed by atoms with Gasteiger partial charge in [-0.1, -0.05) is 0 Å². The second kappa shape index (κ2) is 7.37. The van der Waals surface area contributed by atoms with E-state index in [-0.39, 0.29) is 15.0 Å². The molecule has 1 unspecified atom stereocenters. The van der Waals surface area contributed by atoms with Gasteiger partial charge in [-0.15, -0.1) is 0 Å². The first-order chi connectivity index (χ1) is 9.96. The van der Waals surface area contributed by atoms with Crippen LogP contribution in [0.25, 0.3) is 0 Å². The van der Waals surface area contributed by atoms with Crippen LogP contribution in [0.5, 0.6) is 0 Å². The van der Waals surface area contributed by atoms with Crippen molar-refractivity contribution in [2.45, 2.75) is 24.5 Å². The van der Waals surface area contributed by atoms with Gasteiger partial charge in [-0.3, -0.25) is 0 Å². The van der Waals surface area contributed by atoms with Crippen LogP contribution < -0.4 is 4.46 Å². The molecule has 0 bridgehead atoms. The summed E-state index contributed by atoms with van der Waals surface area (Å²) in [5.41, 5.74) is 2.31. The van der Waals surface area contributed by atoms with Gasteiger partial charge in [0.15, 0.2) is 0 Å². The second-order valence-electron chi connectivity index (χ2n) is 5.83. The van der Waals surface area contributed by atoms with Gasteiger partial charge in [-0.05, 0) is 0 Å². The summed E-state index contributed by atoms with van der Waals surface area (Å²) in [6.07, 6.45) is 0. The van der Waals surface area contributed by atoms with Crippen molar-refractivity contribution >= 4 is 38.3 Å². The van der Waals surface area contributed by atoms with E-state index in [2.05, 4.69) is 49.6 Å². The van der Waals surface area contributed by atoms with Gasteiger partial charge in [-0.2, -0.15) is 0 Å². The van der Waals surface area contributed by atoms with Crippen molar-refractivity contribution in [1.29, 1.82) is 0 Å². The molecule has 2 rings (SSSR count). The van der Waals surface area contributed by atoms with E-state index in [0.717, 1.165) is 8.70 Å². The van der Waals surface area contributed by atoms with Gasteiger partial charge in [0, 0.05) is 0 Å². The van der Waals surface area contributed by atoms with Crippen LogP contribution in [0.15, 0.2) is 75.1 Å². The molecule has 0 radical (unpaired) electrons. The molecule has 0 saturated heterocycles. The average Bonchev–Trinajstić information content (AvgIpc) is 2.46. The van der Waals surface area contributed by atoms with Crippen LogP contribution in [0.1, 0.15) is 0 Å². The Bertz CT molecular complexity index is 633. The molecule has 0 amide bonds.